The van der Waals surface area contributed by atoms with E-state index in [4.69, 9.17) is 21.4 Å². The highest BCUT2D eigenvalue weighted by Crippen LogP contribution is 2.20. The van der Waals surface area contributed by atoms with E-state index in [1.807, 2.05) is 56.3 Å². The van der Waals surface area contributed by atoms with Gasteiger partial charge in [0.1, 0.15) is 12.3 Å². The van der Waals surface area contributed by atoms with Crippen molar-refractivity contribution < 1.29 is 13.9 Å². The molecule has 1 heterocycles. The van der Waals surface area contributed by atoms with E-state index in [9.17, 15) is 4.79 Å². The summed E-state index contributed by atoms with van der Waals surface area (Å²) in [6.45, 7) is 4.03. The first-order chi connectivity index (χ1) is 12.9. The van der Waals surface area contributed by atoms with Gasteiger partial charge in [0, 0.05) is 10.2 Å². The van der Waals surface area contributed by atoms with Crippen molar-refractivity contribution in [2.45, 2.75) is 27.0 Å². The normalized spacial score (nSPS) is 10.6. The number of ether oxygens (including phenoxy) is 1. The summed E-state index contributed by atoms with van der Waals surface area (Å²) < 4.78 is 13.4. The number of halogens is 1. The predicted octanol–water partition coefficient (Wildman–Crippen LogP) is 4.80. The number of rotatable bonds is 6. The Morgan fingerprint density at radius 2 is 2.11 bits per heavy atom. The van der Waals surface area contributed by atoms with Crippen LogP contribution in [0.3, 0.4) is 0 Å². The quantitative estimate of drug-likeness (QED) is 0.549. The average molecular weight is 448 g/mol. The molecule has 0 saturated heterocycles. The van der Waals surface area contributed by atoms with E-state index in [0.29, 0.717) is 17.3 Å². The van der Waals surface area contributed by atoms with Crippen molar-refractivity contribution in [3.8, 4) is 5.75 Å². The van der Waals surface area contributed by atoms with Crippen LogP contribution < -0.4 is 10.1 Å². The molecule has 0 aliphatic heterocycles. The van der Waals surface area contributed by atoms with E-state index >= 15 is 0 Å². The second kappa shape index (κ2) is 8.49. The molecule has 0 spiro atoms. The molecule has 0 fully saturated rings. The fraction of sp³-hybridized carbons (Fsp3) is 0.211. The van der Waals surface area contributed by atoms with Crippen molar-refractivity contribution in [3.63, 3.8) is 0 Å². The second-order valence-electron chi connectivity index (χ2n) is 6.04. The van der Waals surface area contributed by atoms with Gasteiger partial charge in [0.05, 0.1) is 0 Å². The molecular formula is C19H18BrN3O3S. The number of hydrogen-bond acceptors (Lipinski definition) is 5. The Balaban J connectivity index is 1.61. The molecule has 27 heavy (non-hydrogen) atoms. The monoisotopic (exact) mass is 447 g/mol. The number of amides is 1. The van der Waals surface area contributed by atoms with E-state index < -0.39 is 0 Å². The Kier molecular flexibility index (Phi) is 6.08. The highest BCUT2D eigenvalue weighted by atomic mass is 79.9. The van der Waals surface area contributed by atoms with Gasteiger partial charge in [-0.3, -0.25) is 4.79 Å². The summed E-state index contributed by atoms with van der Waals surface area (Å²) >= 11 is 8.57. The molecule has 0 aliphatic rings. The number of nitrogens with one attached hydrogen (secondary N) is 1. The molecule has 140 valence electrons. The molecule has 1 aromatic heterocycles. The van der Waals surface area contributed by atoms with Crippen LogP contribution in [0.2, 0.25) is 0 Å². The van der Waals surface area contributed by atoms with Gasteiger partial charge in [0.25, 0.3) is 10.7 Å². The van der Waals surface area contributed by atoms with Crippen LogP contribution in [0.1, 0.15) is 17.0 Å². The lowest BCUT2D eigenvalue weighted by molar-refractivity contribution is -0.117. The topological polar surface area (TPSA) is 69.3 Å². The van der Waals surface area contributed by atoms with Crippen LogP contribution >= 0.6 is 28.1 Å². The molecule has 0 unspecified atom stereocenters. The van der Waals surface area contributed by atoms with E-state index in [-0.39, 0.29) is 23.9 Å². The average Bonchev–Trinajstić information content (AvgIpc) is 2.96. The van der Waals surface area contributed by atoms with Crippen molar-refractivity contribution in [3.05, 3.63) is 68.8 Å². The first-order valence-electron chi connectivity index (χ1n) is 8.23. The van der Waals surface area contributed by atoms with Crippen LogP contribution in [0, 0.1) is 18.7 Å². The summed E-state index contributed by atoms with van der Waals surface area (Å²) in [6, 6.07) is 13.2. The van der Waals surface area contributed by atoms with Crippen LogP contribution in [0.5, 0.6) is 5.75 Å². The van der Waals surface area contributed by atoms with E-state index in [2.05, 4.69) is 26.3 Å². The van der Waals surface area contributed by atoms with Crippen molar-refractivity contribution >= 4 is 39.7 Å². The maximum absolute atomic E-state index is 12.3. The molecule has 1 N–H and O–H groups in total. The van der Waals surface area contributed by atoms with Gasteiger partial charge >= 0.3 is 0 Å². The molecule has 0 aliphatic carbocycles. The molecule has 2 aromatic carbocycles. The minimum atomic E-state index is -0.243. The molecule has 0 saturated carbocycles. The summed E-state index contributed by atoms with van der Waals surface area (Å²) in [6.07, 6.45) is 0. The summed E-state index contributed by atoms with van der Waals surface area (Å²) in [7, 11) is 0. The van der Waals surface area contributed by atoms with Gasteiger partial charge in [-0.1, -0.05) is 28.1 Å². The largest absolute Gasteiger partial charge is 0.484 e. The smallest absolute Gasteiger partial charge is 0.287 e. The van der Waals surface area contributed by atoms with Crippen LogP contribution in [-0.4, -0.2) is 15.7 Å². The van der Waals surface area contributed by atoms with Crippen LogP contribution in [0.25, 0.3) is 0 Å². The second-order valence-corrected chi connectivity index (χ2v) is 7.24. The molecule has 0 atom stereocenters. The Morgan fingerprint density at radius 1 is 1.30 bits per heavy atom. The van der Waals surface area contributed by atoms with E-state index in [1.165, 1.54) is 4.68 Å². The highest BCUT2D eigenvalue weighted by molar-refractivity contribution is 9.10. The Morgan fingerprint density at radius 3 is 2.85 bits per heavy atom. The zero-order valence-electron chi connectivity index (χ0n) is 14.9. The van der Waals surface area contributed by atoms with Gasteiger partial charge in [0.2, 0.25) is 5.91 Å². The summed E-state index contributed by atoms with van der Waals surface area (Å²) in [5.74, 6) is 0.787. The lowest BCUT2D eigenvalue weighted by Crippen LogP contribution is -2.19. The summed E-state index contributed by atoms with van der Waals surface area (Å²) in [5, 5.41) is 7.03. The number of aromatic nitrogens is 2. The molecule has 0 bridgehead atoms. The molecule has 6 nitrogen and oxygen atoms in total. The van der Waals surface area contributed by atoms with Crippen LogP contribution in [0.15, 0.2) is 51.4 Å². The van der Waals surface area contributed by atoms with Crippen molar-refractivity contribution in [2.24, 2.45) is 0 Å². The van der Waals surface area contributed by atoms with Crippen molar-refractivity contribution in [1.29, 1.82) is 0 Å². The van der Waals surface area contributed by atoms with Crippen molar-refractivity contribution in [2.75, 3.05) is 5.32 Å². The standard InChI is InChI=1S/C19H18BrN3O3S/c1-12-4-3-5-15(8-12)25-11-18-22-23(19(27)26-18)10-17(24)21-14-6-7-16(20)13(2)9-14/h3-9H,10-11H2,1-2H3,(H,21,24). The number of benzene rings is 2. The van der Waals surface area contributed by atoms with Gasteiger partial charge in [-0.2, -0.15) is 0 Å². The predicted molar refractivity (Wildman–Crippen MR) is 108 cm³/mol. The minimum Gasteiger partial charge on any atom is -0.484 e. The van der Waals surface area contributed by atoms with E-state index in [0.717, 1.165) is 15.6 Å². The van der Waals surface area contributed by atoms with Gasteiger partial charge < -0.3 is 14.5 Å². The maximum atomic E-state index is 12.3. The SMILES string of the molecule is Cc1cccc(OCc2nn(CC(=O)Nc3ccc(Br)c(C)c3)c(=S)o2)c1. The van der Waals surface area contributed by atoms with Crippen LogP contribution in [-0.2, 0) is 17.9 Å². The third-order valence-corrected chi connectivity index (χ3v) is 4.92. The minimum absolute atomic E-state index is 0.0398. The third kappa shape index (κ3) is 5.27. The number of aryl methyl sites for hydroxylation is 2. The van der Waals surface area contributed by atoms with Crippen LogP contribution in [0.4, 0.5) is 5.69 Å². The molecule has 8 heteroatoms. The Bertz CT molecular complexity index is 1030. The summed E-state index contributed by atoms with van der Waals surface area (Å²) in [4.78, 5) is 12.4. The highest BCUT2D eigenvalue weighted by Gasteiger charge is 2.11. The maximum Gasteiger partial charge on any atom is 0.287 e. The molecule has 3 rings (SSSR count). The Hall–Kier alpha value is -2.45. The van der Waals surface area contributed by atoms with Gasteiger partial charge in [-0.25, -0.2) is 4.68 Å². The van der Waals surface area contributed by atoms with E-state index in [1.54, 1.807) is 0 Å². The molecule has 1 amide bonds. The first-order valence-corrected chi connectivity index (χ1v) is 9.43. The summed E-state index contributed by atoms with van der Waals surface area (Å²) in [5.41, 5.74) is 2.83. The number of anilines is 1. The Labute approximate surface area is 170 Å². The molecule has 0 radical (unpaired) electrons. The van der Waals surface area contributed by atoms with Gasteiger partial charge in [-0.05, 0) is 67.5 Å². The zero-order valence-corrected chi connectivity index (χ0v) is 17.3. The first kappa shape index (κ1) is 19.3. The van der Waals surface area contributed by atoms with Gasteiger partial charge in [-0.15, -0.1) is 5.10 Å². The number of hydrogen-bond donors (Lipinski definition) is 1. The number of carbonyl (C=O) groups excluding carboxylic acids is 1. The fourth-order valence-electron chi connectivity index (χ4n) is 2.42. The van der Waals surface area contributed by atoms with Crippen molar-refractivity contribution in [1.82, 2.24) is 9.78 Å². The molecular weight excluding hydrogens is 430 g/mol. The lowest BCUT2D eigenvalue weighted by Gasteiger charge is -2.06. The number of nitrogens with zero attached hydrogens (tertiary/aromatic N) is 2. The van der Waals surface area contributed by atoms with Gasteiger partial charge in [0.15, 0.2) is 6.61 Å². The zero-order chi connectivity index (χ0) is 19.4. The lowest BCUT2D eigenvalue weighted by atomic mass is 10.2. The fourth-order valence-corrected chi connectivity index (χ4v) is 2.86. The third-order valence-electron chi connectivity index (χ3n) is 3.74. The molecule has 3 aromatic rings. The number of carbonyl (C=O) groups is 1.